The Bertz CT molecular complexity index is 654. The summed E-state index contributed by atoms with van der Waals surface area (Å²) >= 11 is 0.651. The van der Waals surface area contributed by atoms with E-state index in [1.807, 2.05) is 0 Å². The number of anilines is 1. The molecule has 0 atom stereocenters. The van der Waals surface area contributed by atoms with Gasteiger partial charge in [-0.3, -0.25) is 14.9 Å². The smallest absolute Gasteiger partial charge is 0.306 e. The monoisotopic (exact) mass is 321 g/mol. The van der Waals surface area contributed by atoms with Gasteiger partial charge in [0.2, 0.25) is 5.91 Å². The molecule has 1 amide bonds. The van der Waals surface area contributed by atoms with Crippen LogP contribution in [-0.2, 0) is 14.8 Å². The molecule has 0 bridgehead atoms. The lowest BCUT2D eigenvalue weighted by atomic mass is 10.4. The number of hydrazine groups is 1. The summed E-state index contributed by atoms with van der Waals surface area (Å²) in [6.45, 7) is 0.0120. The first-order valence-corrected chi connectivity index (χ1v) is 7.63. The maximum Gasteiger partial charge on any atom is 0.306 e. The first kappa shape index (κ1) is 14.6. The number of nitrogens with one attached hydrogen (secondary N) is 2. The fourth-order valence-electron chi connectivity index (χ4n) is 1.67. The normalized spacial score (nSPS) is 16.8. The zero-order chi connectivity index (χ0) is 14.9. The number of piperazine rings is 1. The Balaban J connectivity index is 2.39. The number of carbonyl (C=O) groups excluding carboxylic acids is 1. The Labute approximate surface area is 117 Å². The quantitative estimate of drug-likeness (QED) is 0.368. The van der Waals surface area contributed by atoms with Crippen LogP contribution in [0, 0.1) is 10.1 Å². The number of nitro groups is 1. The molecule has 1 aromatic heterocycles. The van der Waals surface area contributed by atoms with E-state index < -0.39 is 26.5 Å². The van der Waals surface area contributed by atoms with Crippen LogP contribution in [0.25, 0.3) is 0 Å². The van der Waals surface area contributed by atoms with E-state index in [4.69, 9.17) is 5.84 Å². The minimum atomic E-state index is -3.95. The third kappa shape index (κ3) is 2.58. The third-order valence-corrected chi connectivity index (χ3v) is 5.96. The number of nitrogens with zero attached hydrogens (tertiary/aromatic N) is 2. The van der Waals surface area contributed by atoms with Crippen molar-refractivity contribution < 1.29 is 18.1 Å². The van der Waals surface area contributed by atoms with Gasteiger partial charge in [-0.1, -0.05) is 11.3 Å². The Morgan fingerprint density at radius 2 is 2.25 bits per heavy atom. The van der Waals surface area contributed by atoms with E-state index in [1.165, 1.54) is 0 Å². The molecule has 4 N–H and O–H groups in total. The molecule has 0 saturated carbocycles. The van der Waals surface area contributed by atoms with Crippen molar-refractivity contribution in [2.45, 2.75) is 4.21 Å². The lowest BCUT2D eigenvalue weighted by Crippen LogP contribution is -2.49. The van der Waals surface area contributed by atoms with E-state index in [1.54, 1.807) is 0 Å². The second-order valence-electron chi connectivity index (χ2n) is 3.87. The van der Waals surface area contributed by atoms with Crippen molar-refractivity contribution in [3.8, 4) is 0 Å². The molecule has 0 aliphatic carbocycles. The molecule has 2 heterocycles. The highest BCUT2D eigenvalue weighted by atomic mass is 32.2. The molecule has 0 unspecified atom stereocenters. The van der Waals surface area contributed by atoms with E-state index in [0.29, 0.717) is 11.3 Å². The zero-order valence-electron chi connectivity index (χ0n) is 10.0. The summed E-state index contributed by atoms with van der Waals surface area (Å²) in [6, 6.07) is 0.932. The molecule has 20 heavy (non-hydrogen) atoms. The average Bonchev–Trinajstić information content (AvgIpc) is 2.83. The van der Waals surface area contributed by atoms with Crippen LogP contribution in [0.4, 0.5) is 10.7 Å². The second-order valence-corrected chi connectivity index (χ2v) is 7.09. The fraction of sp³-hybridized carbons (Fsp3) is 0.375. The highest BCUT2D eigenvalue weighted by Crippen LogP contribution is 2.37. The number of hydrogen-bond acceptors (Lipinski definition) is 8. The lowest BCUT2D eigenvalue weighted by Gasteiger charge is -2.25. The Hall–Kier alpha value is -1.76. The largest absolute Gasteiger partial charge is 0.354 e. The van der Waals surface area contributed by atoms with Crippen LogP contribution >= 0.6 is 11.3 Å². The van der Waals surface area contributed by atoms with Crippen molar-refractivity contribution >= 4 is 38.0 Å². The maximum atomic E-state index is 12.3. The molecule has 1 aliphatic heterocycles. The van der Waals surface area contributed by atoms with Gasteiger partial charge in [-0.15, -0.1) is 0 Å². The summed E-state index contributed by atoms with van der Waals surface area (Å²) in [4.78, 5) is 21.3. The van der Waals surface area contributed by atoms with Gasteiger partial charge in [-0.25, -0.2) is 14.3 Å². The van der Waals surface area contributed by atoms with Crippen LogP contribution < -0.4 is 16.6 Å². The van der Waals surface area contributed by atoms with Crippen LogP contribution in [0.1, 0.15) is 0 Å². The van der Waals surface area contributed by atoms with Crippen molar-refractivity contribution in [3.05, 3.63) is 16.2 Å². The fourth-order valence-corrected chi connectivity index (χ4v) is 4.46. The van der Waals surface area contributed by atoms with Crippen molar-refractivity contribution in [1.82, 2.24) is 9.62 Å². The summed E-state index contributed by atoms with van der Waals surface area (Å²) in [5.74, 6) is 4.72. The molecule has 0 radical (unpaired) electrons. The molecule has 1 fully saturated rings. The molecule has 0 aromatic carbocycles. The summed E-state index contributed by atoms with van der Waals surface area (Å²) in [7, 11) is -3.95. The maximum absolute atomic E-state index is 12.3. The molecule has 1 aromatic rings. The van der Waals surface area contributed by atoms with Crippen molar-refractivity contribution in [2.24, 2.45) is 5.84 Å². The molecular weight excluding hydrogens is 310 g/mol. The number of nitrogens with two attached hydrogens (primary N) is 1. The van der Waals surface area contributed by atoms with Gasteiger partial charge in [0.25, 0.3) is 10.0 Å². The summed E-state index contributed by atoms with van der Waals surface area (Å²) in [5.41, 5.74) is 1.68. The van der Waals surface area contributed by atoms with Gasteiger partial charge in [-0.05, 0) is 0 Å². The van der Waals surface area contributed by atoms with Gasteiger partial charge < -0.3 is 10.7 Å². The Morgan fingerprint density at radius 3 is 2.75 bits per heavy atom. The minimum Gasteiger partial charge on any atom is -0.354 e. The molecule has 1 aliphatic rings. The van der Waals surface area contributed by atoms with E-state index in [2.05, 4.69) is 10.7 Å². The summed E-state index contributed by atoms with van der Waals surface area (Å²) < 4.78 is 25.3. The molecule has 10 nitrogen and oxygen atoms in total. The topological polar surface area (TPSA) is 148 Å². The van der Waals surface area contributed by atoms with Crippen LogP contribution in [0.15, 0.2) is 10.3 Å². The van der Waals surface area contributed by atoms with E-state index >= 15 is 0 Å². The lowest BCUT2D eigenvalue weighted by molar-refractivity contribution is -0.383. The van der Waals surface area contributed by atoms with E-state index in [0.717, 1.165) is 10.4 Å². The molecular formula is C8H11N5O5S2. The number of amides is 1. The zero-order valence-corrected chi connectivity index (χ0v) is 11.7. The van der Waals surface area contributed by atoms with Gasteiger partial charge in [0.15, 0.2) is 5.00 Å². The standard InChI is InChI=1S/C8H11N5O5S2/c9-11-8-5(13(15)16)3-7(19-8)20(17,18)12-2-1-10-6(14)4-12/h3,11H,1-2,4,9H2,(H,10,14). The molecule has 2 rings (SSSR count). The van der Waals surface area contributed by atoms with Gasteiger partial charge in [0.1, 0.15) is 4.21 Å². The van der Waals surface area contributed by atoms with Crippen LogP contribution in [0.3, 0.4) is 0 Å². The number of rotatable bonds is 4. The van der Waals surface area contributed by atoms with Gasteiger partial charge in [-0.2, -0.15) is 4.31 Å². The van der Waals surface area contributed by atoms with E-state index in [9.17, 15) is 23.3 Å². The number of sulfonamides is 1. The first-order chi connectivity index (χ1) is 9.36. The Kier molecular flexibility index (Phi) is 3.89. The summed E-state index contributed by atoms with van der Waals surface area (Å²) in [6.07, 6.45) is 0. The SMILES string of the molecule is NNc1sc(S(=O)(=O)N2CCNC(=O)C2)cc1[N+](=O)[O-]. The van der Waals surface area contributed by atoms with Gasteiger partial charge in [0, 0.05) is 19.2 Å². The van der Waals surface area contributed by atoms with Gasteiger partial charge >= 0.3 is 5.69 Å². The van der Waals surface area contributed by atoms with Crippen molar-refractivity contribution in [2.75, 3.05) is 25.1 Å². The number of nitrogen functional groups attached to an aromatic ring is 1. The minimum absolute atomic E-state index is 0.0602. The molecule has 12 heteroatoms. The summed E-state index contributed by atoms with van der Waals surface area (Å²) in [5, 5.41) is 13.2. The third-order valence-electron chi connectivity index (χ3n) is 2.62. The molecule has 110 valence electrons. The van der Waals surface area contributed by atoms with Crippen LogP contribution in [0.5, 0.6) is 0 Å². The second kappa shape index (κ2) is 5.32. The highest BCUT2D eigenvalue weighted by molar-refractivity contribution is 7.91. The molecule has 0 spiro atoms. The predicted octanol–water partition coefficient (Wildman–Crippen LogP) is -0.938. The first-order valence-electron chi connectivity index (χ1n) is 5.38. The predicted molar refractivity (Wildman–Crippen MR) is 70.6 cm³/mol. The van der Waals surface area contributed by atoms with Crippen LogP contribution in [-0.4, -0.2) is 43.2 Å². The number of thiophene rings is 1. The average molecular weight is 321 g/mol. The number of hydrogen-bond donors (Lipinski definition) is 3. The highest BCUT2D eigenvalue weighted by Gasteiger charge is 2.33. The van der Waals surface area contributed by atoms with Crippen molar-refractivity contribution in [1.29, 1.82) is 0 Å². The van der Waals surface area contributed by atoms with Gasteiger partial charge in [0.05, 0.1) is 11.5 Å². The number of carbonyl (C=O) groups is 1. The Morgan fingerprint density at radius 1 is 1.55 bits per heavy atom. The molecule has 1 saturated heterocycles. The van der Waals surface area contributed by atoms with Crippen molar-refractivity contribution in [3.63, 3.8) is 0 Å². The van der Waals surface area contributed by atoms with Crippen LogP contribution in [0.2, 0.25) is 0 Å². The van der Waals surface area contributed by atoms with E-state index in [-0.39, 0.29) is 28.8 Å².